The van der Waals surface area contributed by atoms with Gasteiger partial charge < -0.3 is 21.1 Å². The van der Waals surface area contributed by atoms with E-state index in [2.05, 4.69) is 25.2 Å². The number of nitrogens with zero attached hydrogens (tertiary/aromatic N) is 4. The number of fused-ring (bicyclic) bond motifs is 2. The second-order valence-corrected chi connectivity index (χ2v) is 6.65. The predicted octanol–water partition coefficient (Wildman–Crippen LogP) is 1.79. The van der Waals surface area contributed by atoms with E-state index in [0.717, 1.165) is 31.6 Å². The monoisotopic (exact) mass is 326 g/mol. The van der Waals surface area contributed by atoms with Crippen molar-refractivity contribution in [3.8, 4) is 0 Å². The average Bonchev–Trinajstić information content (AvgIpc) is 2.55. The van der Waals surface area contributed by atoms with Gasteiger partial charge in [-0.25, -0.2) is 0 Å². The molecule has 2 fully saturated rings. The molecule has 0 amide bonds. The Bertz CT molecular complexity index is 695. The Balaban J connectivity index is 1.57. The standard InChI is InChI=1S/C17H22N6O/c18-15-20-16(19-13-7-2-1-3-8-13)22-17(21-15)23-9-11-5-4-6-12(10-23)14(11)24/h1-3,7-8,11-12,14,24H,4-6,9-10H2,(H3,18,19,20,21,22). The van der Waals surface area contributed by atoms with Crippen LogP contribution in [0.25, 0.3) is 0 Å². The zero-order valence-corrected chi connectivity index (χ0v) is 13.5. The smallest absolute Gasteiger partial charge is 0.233 e. The second kappa shape index (κ2) is 6.24. The summed E-state index contributed by atoms with van der Waals surface area (Å²) in [4.78, 5) is 15.2. The van der Waals surface area contributed by atoms with Gasteiger partial charge in [0.2, 0.25) is 17.8 Å². The molecule has 24 heavy (non-hydrogen) atoms. The minimum Gasteiger partial charge on any atom is -0.392 e. The van der Waals surface area contributed by atoms with Crippen molar-refractivity contribution in [2.45, 2.75) is 25.4 Å². The molecule has 4 rings (SSSR count). The van der Waals surface area contributed by atoms with Gasteiger partial charge in [0.25, 0.3) is 0 Å². The molecule has 126 valence electrons. The molecule has 2 aliphatic rings. The first-order valence-corrected chi connectivity index (χ1v) is 8.45. The molecule has 2 bridgehead atoms. The van der Waals surface area contributed by atoms with Crippen LogP contribution in [-0.2, 0) is 0 Å². The topological polar surface area (TPSA) is 100 Å². The lowest BCUT2D eigenvalue weighted by Gasteiger charge is -2.44. The van der Waals surface area contributed by atoms with Crippen LogP contribution in [0, 0.1) is 11.8 Å². The number of rotatable bonds is 3. The molecule has 0 radical (unpaired) electrons. The highest BCUT2D eigenvalue weighted by atomic mass is 16.3. The van der Waals surface area contributed by atoms with E-state index in [0.29, 0.717) is 23.7 Å². The summed E-state index contributed by atoms with van der Waals surface area (Å²) in [6.07, 6.45) is 3.12. The van der Waals surface area contributed by atoms with Crippen LogP contribution in [0.2, 0.25) is 0 Å². The maximum Gasteiger partial charge on any atom is 0.233 e. The van der Waals surface area contributed by atoms with Crippen LogP contribution in [0.5, 0.6) is 0 Å². The van der Waals surface area contributed by atoms with Crippen LogP contribution in [0.15, 0.2) is 30.3 Å². The van der Waals surface area contributed by atoms with Crippen molar-refractivity contribution in [3.63, 3.8) is 0 Å². The van der Waals surface area contributed by atoms with Gasteiger partial charge in [-0.15, -0.1) is 0 Å². The number of anilines is 4. The number of hydrogen-bond acceptors (Lipinski definition) is 7. The molecule has 2 atom stereocenters. The minimum absolute atomic E-state index is 0.198. The van der Waals surface area contributed by atoms with Gasteiger partial charge >= 0.3 is 0 Å². The molecule has 1 aromatic heterocycles. The third kappa shape index (κ3) is 2.99. The SMILES string of the molecule is Nc1nc(Nc2ccccc2)nc(N2CC3CCCC(C2)C3O)n1. The Morgan fingerprint density at radius 3 is 2.46 bits per heavy atom. The van der Waals surface area contributed by atoms with Crippen molar-refractivity contribution >= 4 is 23.5 Å². The molecular formula is C17H22N6O. The predicted molar refractivity (Wildman–Crippen MR) is 93.0 cm³/mol. The highest BCUT2D eigenvalue weighted by molar-refractivity contribution is 5.55. The zero-order chi connectivity index (χ0) is 16.5. The molecule has 1 aromatic carbocycles. The fourth-order valence-electron chi connectivity index (χ4n) is 3.80. The molecule has 1 saturated carbocycles. The highest BCUT2D eigenvalue weighted by Crippen LogP contribution is 2.36. The average molecular weight is 326 g/mol. The van der Waals surface area contributed by atoms with E-state index >= 15 is 0 Å². The first kappa shape index (κ1) is 15.1. The number of nitrogens with two attached hydrogens (primary N) is 1. The molecule has 4 N–H and O–H groups in total. The molecule has 1 aliphatic heterocycles. The molecule has 2 heterocycles. The van der Waals surface area contributed by atoms with Crippen molar-refractivity contribution in [3.05, 3.63) is 30.3 Å². The lowest BCUT2D eigenvalue weighted by molar-refractivity contribution is 0.00560. The summed E-state index contributed by atoms with van der Waals surface area (Å²) >= 11 is 0. The van der Waals surface area contributed by atoms with E-state index in [-0.39, 0.29) is 12.1 Å². The number of hydrogen-bond donors (Lipinski definition) is 3. The quantitative estimate of drug-likeness (QED) is 0.790. The van der Waals surface area contributed by atoms with Gasteiger partial charge in [-0.2, -0.15) is 15.0 Å². The fourth-order valence-corrected chi connectivity index (χ4v) is 3.80. The Morgan fingerprint density at radius 1 is 1.04 bits per heavy atom. The number of nitrogen functional groups attached to an aromatic ring is 1. The van der Waals surface area contributed by atoms with Crippen molar-refractivity contribution in [2.24, 2.45) is 11.8 Å². The molecule has 1 saturated heterocycles. The summed E-state index contributed by atoms with van der Waals surface area (Å²) in [6.45, 7) is 1.54. The second-order valence-electron chi connectivity index (χ2n) is 6.65. The minimum atomic E-state index is -0.198. The summed E-state index contributed by atoms with van der Waals surface area (Å²) in [6, 6.07) is 9.74. The summed E-state index contributed by atoms with van der Waals surface area (Å²) in [5.41, 5.74) is 6.79. The van der Waals surface area contributed by atoms with E-state index in [1.807, 2.05) is 30.3 Å². The van der Waals surface area contributed by atoms with Crippen LogP contribution >= 0.6 is 0 Å². The molecule has 7 heteroatoms. The van der Waals surface area contributed by atoms with Crippen LogP contribution < -0.4 is 16.0 Å². The number of para-hydroxylation sites is 1. The maximum absolute atomic E-state index is 10.3. The molecule has 2 unspecified atom stereocenters. The first-order valence-electron chi connectivity index (χ1n) is 8.45. The molecular weight excluding hydrogens is 304 g/mol. The van der Waals surface area contributed by atoms with E-state index in [1.54, 1.807) is 0 Å². The van der Waals surface area contributed by atoms with Crippen molar-refractivity contribution in [1.82, 2.24) is 15.0 Å². The van der Waals surface area contributed by atoms with E-state index in [1.165, 1.54) is 6.42 Å². The number of aromatic nitrogens is 3. The van der Waals surface area contributed by atoms with Crippen LogP contribution in [0.4, 0.5) is 23.5 Å². The lowest BCUT2D eigenvalue weighted by atomic mass is 9.75. The maximum atomic E-state index is 10.3. The van der Waals surface area contributed by atoms with Gasteiger partial charge in [0.05, 0.1) is 6.10 Å². The van der Waals surface area contributed by atoms with E-state index in [9.17, 15) is 5.11 Å². The van der Waals surface area contributed by atoms with E-state index in [4.69, 9.17) is 5.73 Å². The number of aliphatic hydroxyl groups is 1. The summed E-state index contributed by atoms with van der Waals surface area (Å²) < 4.78 is 0. The Labute approximate surface area is 140 Å². The normalized spacial score (nSPS) is 26.2. The van der Waals surface area contributed by atoms with Gasteiger partial charge in [-0.3, -0.25) is 0 Å². The van der Waals surface area contributed by atoms with Crippen LogP contribution in [-0.4, -0.2) is 39.3 Å². The first-order chi connectivity index (χ1) is 11.7. The third-order valence-electron chi connectivity index (χ3n) is 4.98. The van der Waals surface area contributed by atoms with Crippen LogP contribution in [0.1, 0.15) is 19.3 Å². The lowest BCUT2D eigenvalue weighted by Crippen LogP contribution is -2.52. The summed E-state index contributed by atoms with van der Waals surface area (Å²) in [5.74, 6) is 1.82. The number of aliphatic hydroxyl groups excluding tert-OH is 1. The molecule has 0 spiro atoms. The number of nitrogens with one attached hydrogen (secondary N) is 1. The fraction of sp³-hybridized carbons (Fsp3) is 0.471. The number of piperidine rings is 1. The Kier molecular flexibility index (Phi) is 3.93. The highest BCUT2D eigenvalue weighted by Gasteiger charge is 2.39. The number of benzene rings is 1. The third-order valence-corrected chi connectivity index (χ3v) is 4.98. The van der Waals surface area contributed by atoms with Gasteiger partial charge in [-0.1, -0.05) is 24.6 Å². The zero-order valence-electron chi connectivity index (χ0n) is 13.5. The van der Waals surface area contributed by atoms with Gasteiger partial charge in [0, 0.05) is 30.6 Å². The molecule has 7 nitrogen and oxygen atoms in total. The summed E-state index contributed by atoms with van der Waals surface area (Å²) in [7, 11) is 0. The molecule has 1 aliphatic carbocycles. The van der Waals surface area contributed by atoms with Crippen molar-refractivity contribution in [1.29, 1.82) is 0 Å². The largest absolute Gasteiger partial charge is 0.392 e. The van der Waals surface area contributed by atoms with Gasteiger partial charge in [0.15, 0.2) is 0 Å². The Hall–Kier alpha value is -2.41. The van der Waals surface area contributed by atoms with Gasteiger partial charge in [0.1, 0.15) is 0 Å². The van der Waals surface area contributed by atoms with Gasteiger partial charge in [-0.05, 0) is 25.0 Å². The van der Waals surface area contributed by atoms with Crippen molar-refractivity contribution in [2.75, 3.05) is 29.0 Å². The van der Waals surface area contributed by atoms with Crippen LogP contribution in [0.3, 0.4) is 0 Å². The summed E-state index contributed by atoms with van der Waals surface area (Å²) in [5, 5.41) is 13.5. The van der Waals surface area contributed by atoms with Crippen molar-refractivity contribution < 1.29 is 5.11 Å². The molecule has 2 aromatic rings. The Morgan fingerprint density at radius 2 is 1.75 bits per heavy atom. The van der Waals surface area contributed by atoms with E-state index < -0.39 is 0 Å².